The Kier molecular flexibility index (Phi) is 7.26. The molecule has 0 saturated carbocycles. The van der Waals surface area contributed by atoms with Gasteiger partial charge in [0.15, 0.2) is 0 Å². The number of methoxy groups -OCH3 is 1. The number of ether oxygens (including phenoxy) is 3. The summed E-state index contributed by atoms with van der Waals surface area (Å²) in [6.45, 7) is 2.01. The molecule has 130 valence electrons. The molecule has 23 heavy (non-hydrogen) atoms. The van der Waals surface area contributed by atoms with Crippen molar-refractivity contribution in [3.8, 4) is 0 Å². The molecule has 1 fully saturated rings. The smallest absolute Gasteiger partial charge is 0.216 e. The molecule has 1 aromatic carbocycles. The number of sulfonamides is 1. The molecule has 0 bridgehead atoms. The molecule has 0 N–H and O–H groups in total. The maximum atomic E-state index is 12.4. The minimum absolute atomic E-state index is 0.0427. The Morgan fingerprint density at radius 3 is 2.91 bits per heavy atom. The van der Waals surface area contributed by atoms with E-state index >= 15 is 0 Å². The monoisotopic (exact) mass is 363 g/mol. The first-order valence-electron chi connectivity index (χ1n) is 7.44. The molecule has 1 atom stereocenters. The number of hydrogen-bond donors (Lipinski definition) is 0. The lowest BCUT2D eigenvalue weighted by Crippen LogP contribution is -2.43. The van der Waals surface area contributed by atoms with Gasteiger partial charge in [0, 0.05) is 25.2 Å². The van der Waals surface area contributed by atoms with Crippen molar-refractivity contribution in [3.05, 3.63) is 34.9 Å². The molecule has 0 amide bonds. The van der Waals surface area contributed by atoms with Crippen LogP contribution in [0.5, 0.6) is 0 Å². The van der Waals surface area contributed by atoms with Crippen LogP contribution in [0.2, 0.25) is 5.02 Å². The number of morpholine rings is 1. The van der Waals surface area contributed by atoms with E-state index in [0.29, 0.717) is 37.9 Å². The van der Waals surface area contributed by atoms with E-state index in [2.05, 4.69) is 0 Å². The van der Waals surface area contributed by atoms with Gasteiger partial charge in [-0.15, -0.1) is 0 Å². The van der Waals surface area contributed by atoms with Crippen molar-refractivity contribution < 1.29 is 22.6 Å². The second kappa shape index (κ2) is 8.96. The van der Waals surface area contributed by atoms with Gasteiger partial charge in [-0.2, -0.15) is 4.31 Å². The molecule has 1 aliphatic heterocycles. The van der Waals surface area contributed by atoms with Crippen molar-refractivity contribution in [1.82, 2.24) is 4.31 Å². The van der Waals surface area contributed by atoms with Gasteiger partial charge in [0.1, 0.15) is 0 Å². The highest BCUT2D eigenvalue weighted by atomic mass is 35.5. The number of rotatable bonds is 8. The highest BCUT2D eigenvalue weighted by Gasteiger charge is 2.30. The quantitative estimate of drug-likeness (QED) is 0.658. The zero-order valence-corrected chi connectivity index (χ0v) is 14.7. The van der Waals surface area contributed by atoms with Crippen LogP contribution in [0, 0.1) is 0 Å². The maximum Gasteiger partial charge on any atom is 0.216 e. The van der Waals surface area contributed by atoms with Crippen LogP contribution >= 0.6 is 11.6 Å². The van der Waals surface area contributed by atoms with Crippen LogP contribution in [-0.4, -0.2) is 65.1 Å². The molecule has 2 rings (SSSR count). The van der Waals surface area contributed by atoms with E-state index in [4.69, 9.17) is 25.8 Å². The second-order valence-electron chi connectivity index (χ2n) is 5.19. The summed E-state index contributed by atoms with van der Waals surface area (Å²) in [7, 11) is -1.79. The minimum atomic E-state index is -3.37. The molecule has 0 aromatic heterocycles. The first-order chi connectivity index (χ1) is 11.0. The molecule has 0 spiro atoms. The van der Waals surface area contributed by atoms with Crippen molar-refractivity contribution in [2.75, 3.05) is 52.4 Å². The van der Waals surface area contributed by atoms with Gasteiger partial charge < -0.3 is 14.2 Å². The van der Waals surface area contributed by atoms with Gasteiger partial charge in [0.2, 0.25) is 10.0 Å². The third-order valence-electron chi connectivity index (χ3n) is 3.56. The number of halogens is 1. The van der Waals surface area contributed by atoms with Crippen LogP contribution in [0.3, 0.4) is 0 Å². The summed E-state index contributed by atoms with van der Waals surface area (Å²) in [6, 6.07) is 7.30. The fourth-order valence-corrected chi connectivity index (χ4v) is 3.83. The molecule has 1 unspecified atom stereocenters. The van der Waals surface area contributed by atoms with Crippen molar-refractivity contribution in [1.29, 1.82) is 0 Å². The SMILES string of the molecule is COCCOCCS(=O)(=O)N1CCOC(c2cccc(Cl)c2)C1. The van der Waals surface area contributed by atoms with Crippen molar-refractivity contribution in [2.24, 2.45) is 0 Å². The van der Waals surface area contributed by atoms with E-state index in [9.17, 15) is 8.42 Å². The van der Waals surface area contributed by atoms with Gasteiger partial charge in [0.05, 0.1) is 38.3 Å². The lowest BCUT2D eigenvalue weighted by Gasteiger charge is -2.32. The van der Waals surface area contributed by atoms with Crippen LogP contribution < -0.4 is 0 Å². The maximum absolute atomic E-state index is 12.4. The number of nitrogens with zero attached hydrogens (tertiary/aromatic N) is 1. The van der Waals surface area contributed by atoms with E-state index in [1.807, 2.05) is 12.1 Å². The third-order valence-corrected chi connectivity index (χ3v) is 5.60. The largest absolute Gasteiger partial charge is 0.382 e. The van der Waals surface area contributed by atoms with Crippen LogP contribution in [0.25, 0.3) is 0 Å². The highest BCUT2D eigenvalue weighted by Crippen LogP contribution is 2.25. The van der Waals surface area contributed by atoms with E-state index in [1.54, 1.807) is 19.2 Å². The molecule has 0 radical (unpaired) electrons. The lowest BCUT2D eigenvalue weighted by atomic mass is 10.1. The average Bonchev–Trinajstić information content (AvgIpc) is 2.55. The fourth-order valence-electron chi connectivity index (χ4n) is 2.32. The summed E-state index contributed by atoms with van der Waals surface area (Å²) >= 11 is 5.99. The second-order valence-corrected chi connectivity index (χ2v) is 7.72. The van der Waals surface area contributed by atoms with E-state index in [0.717, 1.165) is 5.56 Å². The molecular weight excluding hydrogens is 342 g/mol. The zero-order chi connectivity index (χ0) is 16.7. The molecule has 1 heterocycles. The molecule has 1 aromatic rings. The summed E-state index contributed by atoms with van der Waals surface area (Å²) in [5.41, 5.74) is 0.883. The molecule has 1 saturated heterocycles. The zero-order valence-electron chi connectivity index (χ0n) is 13.1. The Balaban J connectivity index is 1.91. The van der Waals surface area contributed by atoms with Crippen LogP contribution in [0.1, 0.15) is 11.7 Å². The first kappa shape index (κ1) is 18.6. The number of benzene rings is 1. The Morgan fingerprint density at radius 2 is 2.17 bits per heavy atom. The molecule has 8 heteroatoms. The normalized spacial score (nSPS) is 19.8. The Bertz CT molecular complexity index is 595. The van der Waals surface area contributed by atoms with Gasteiger partial charge in [-0.05, 0) is 17.7 Å². The molecule has 6 nitrogen and oxygen atoms in total. The average molecular weight is 364 g/mol. The van der Waals surface area contributed by atoms with Crippen LogP contribution in [-0.2, 0) is 24.2 Å². The van der Waals surface area contributed by atoms with Crippen LogP contribution in [0.4, 0.5) is 0 Å². The van der Waals surface area contributed by atoms with Crippen molar-refractivity contribution in [2.45, 2.75) is 6.10 Å². The summed E-state index contributed by atoms with van der Waals surface area (Å²) < 4.78 is 42.0. The van der Waals surface area contributed by atoms with Gasteiger partial charge in [0.25, 0.3) is 0 Å². The van der Waals surface area contributed by atoms with E-state index in [1.165, 1.54) is 4.31 Å². The van der Waals surface area contributed by atoms with Crippen molar-refractivity contribution >= 4 is 21.6 Å². The molecule has 0 aliphatic carbocycles. The van der Waals surface area contributed by atoms with Gasteiger partial charge in [-0.3, -0.25) is 0 Å². The topological polar surface area (TPSA) is 65.1 Å². The first-order valence-corrected chi connectivity index (χ1v) is 9.43. The summed E-state index contributed by atoms with van der Waals surface area (Å²) in [6.07, 6.45) is -0.299. The standard InChI is InChI=1S/C15H22ClNO5S/c1-20-7-8-21-9-10-23(18,19)17-5-6-22-15(12-17)13-3-2-4-14(16)11-13/h2-4,11,15H,5-10,12H2,1H3. The Labute approximate surface area is 142 Å². The molecule has 1 aliphatic rings. The van der Waals surface area contributed by atoms with Gasteiger partial charge in [-0.25, -0.2) is 8.42 Å². The summed E-state index contributed by atoms with van der Waals surface area (Å²) in [5.74, 6) is -0.0427. The minimum Gasteiger partial charge on any atom is -0.382 e. The number of hydrogen-bond acceptors (Lipinski definition) is 5. The highest BCUT2D eigenvalue weighted by molar-refractivity contribution is 7.89. The summed E-state index contributed by atoms with van der Waals surface area (Å²) in [4.78, 5) is 0. The molecular formula is C15H22ClNO5S. The Hall–Kier alpha value is -0.700. The predicted molar refractivity (Wildman–Crippen MR) is 88.2 cm³/mol. The summed E-state index contributed by atoms with van der Waals surface area (Å²) in [5, 5.41) is 0.609. The lowest BCUT2D eigenvalue weighted by molar-refractivity contribution is -0.00283. The third kappa shape index (κ3) is 5.70. The van der Waals surface area contributed by atoms with E-state index < -0.39 is 10.0 Å². The van der Waals surface area contributed by atoms with Gasteiger partial charge >= 0.3 is 0 Å². The van der Waals surface area contributed by atoms with E-state index in [-0.39, 0.29) is 18.5 Å². The Morgan fingerprint density at radius 1 is 1.35 bits per heavy atom. The predicted octanol–water partition coefficient (Wildman–Crippen LogP) is 1.71. The van der Waals surface area contributed by atoms with Gasteiger partial charge in [-0.1, -0.05) is 23.7 Å². The van der Waals surface area contributed by atoms with Crippen LogP contribution in [0.15, 0.2) is 24.3 Å². The van der Waals surface area contributed by atoms with Crippen molar-refractivity contribution in [3.63, 3.8) is 0 Å². The fraction of sp³-hybridized carbons (Fsp3) is 0.600.